The molecule has 1 aromatic heterocycles. The summed E-state index contributed by atoms with van der Waals surface area (Å²) >= 11 is 1.94. The highest BCUT2D eigenvalue weighted by Gasteiger charge is 2.20. The average Bonchev–Trinajstić information content (AvgIpc) is 2.97. The van der Waals surface area contributed by atoms with Gasteiger partial charge in [-0.2, -0.15) is 0 Å². The molecule has 1 N–H and O–H groups in total. The van der Waals surface area contributed by atoms with Gasteiger partial charge in [-0.1, -0.05) is 6.92 Å². The van der Waals surface area contributed by atoms with E-state index in [-0.39, 0.29) is 0 Å². The Morgan fingerprint density at radius 1 is 1.40 bits per heavy atom. The number of hydrogen-bond donors (Lipinski definition) is 1. The monoisotopic (exact) mass is 224 g/mol. The van der Waals surface area contributed by atoms with Crippen LogP contribution in [-0.4, -0.2) is 24.5 Å². The minimum atomic E-state index is 0.814. The van der Waals surface area contributed by atoms with Gasteiger partial charge in [-0.15, -0.1) is 11.3 Å². The largest absolute Gasteiger partial charge is 0.309 e. The number of hydrogen-bond acceptors (Lipinski definition) is 3. The lowest BCUT2D eigenvalue weighted by molar-refractivity contribution is 0.349. The molecule has 1 saturated carbocycles. The van der Waals surface area contributed by atoms with Crippen molar-refractivity contribution in [3.05, 3.63) is 21.9 Å². The van der Waals surface area contributed by atoms with E-state index >= 15 is 0 Å². The first-order chi connectivity index (χ1) is 7.28. The number of thiophene rings is 1. The molecule has 1 heterocycles. The van der Waals surface area contributed by atoms with E-state index in [0.29, 0.717) is 0 Å². The summed E-state index contributed by atoms with van der Waals surface area (Å²) in [5, 5.41) is 3.55. The molecule has 1 aliphatic rings. The van der Waals surface area contributed by atoms with Gasteiger partial charge in [0.05, 0.1) is 0 Å². The van der Waals surface area contributed by atoms with Crippen molar-refractivity contribution in [2.24, 2.45) is 0 Å². The second-order valence-corrected chi connectivity index (χ2v) is 5.61. The van der Waals surface area contributed by atoms with Gasteiger partial charge in [-0.3, -0.25) is 0 Å². The van der Waals surface area contributed by atoms with Crippen molar-refractivity contribution in [3.8, 4) is 0 Å². The van der Waals surface area contributed by atoms with Crippen LogP contribution in [0.5, 0.6) is 0 Å². The first kappa shape index (κ1) is 11.1. The Balaban J connectivity index is 1.79. The van der Waals surface area contributed by atoms with Crippen molar-refractivity contribution < 1.29 is 0 Å². The molecule has 3 heteroatoms. The van der Waals surface area contributed by atoms with Crippen LogP contribution in [0.2, 0.25) is 0 Å². The summed E-state index contributed by atoms with van der Waals surface area (Å²) in [6, 6.07) is 5.34. The molecule has 0 unspecified atom stereocenters. The Labute approximate surface area is 96.3 Å². The summed E-state index contributed by atoms with van der Waals surface area (Å²) in [4.78, 5) is 5.29. The average molecular weight is 224 g/mol. The molecule has 1 fully saturated rings. The van der Waals surface area contributed by atoms with Crippen molar-refractivity contribution in [1.82, 2.24) is 10.2 Å². The van der Waals surface area contributed by atoms with Gasteiger partial charge >= 0.3 is 0 Å². The smallest absolute Gasteiger partial charge is 0.0324 e. The van der Waals surface area contributed by atoms with Crippen LogP contribution >= 0.6 is 11.3 Å². The summed E-state index contributed by atoms with van der Waals surface area (Å²) in [5.41, 5.74) is 0. The van der Waals surface area contributed by atoms with E-state index in [1.807, 2.05) is 11.3 Å². The molecule has 0 aromatic carbocycles. The molecule has 0 atom stereocenters. The fraction of sp³-hybridized carbons (Fsp3) is 0.667. The highest BCUT2D eigenvalue weighted by Crippen LogP contribution is 2.22. The Bertz CT molecular complexity index is 304. The van der Waals surface area contributed by atoms with Gasteiger partial charge in [-0.05, 0) is 38.6 Å². The molecule has 0 amide bonds. The van der Waals surface area contributed by atoms with Crippen LogP contribution in [-0.2, 0) is 13.1 Å². The number of nitrogens with zero attached hydrogens (tertiary/aromatic N) is 1. The second-order valence-electron chi connectivity index (χ2n) is 4.35. The predicted molar refractivity (Wildman–Crippen MR) is 66.2 cm³/mol. The Kier molecular flexibility index (Phi) is 3.78. The SMILES string of the molecule is CCN(C)Cc1ccc(CNC2CC2)s1. The van der Waals surface area contributed by atoms with Gasteiger partial charge in [0.1, 0.15) is 0 Å². The lowest BCUT2D eigenvalue weighted by atomic mass is 10.4. The lowest BCUT2D eigenvalue weighted by Crippen LogP contribution is -2.15. The molecule has 0 bridgehead atoms. The molecular formula is C12H20N2S. The van der Waals surface area contributed by atoms with Gasteiger partial charge in [-0.25, -0.2) is 0 Å². The third-order valence-corrected chi connectivity index (χ3v) is 3.90. The topological polar surface area (TPSA) is 15.3 Å². The summed E-state index contributed by atoms with van der Waals surface area (Å²) in [6.45, 7) is 5.46. The van der Waals surface area contributed by atoms with Crippen LogP contribution in [0.3, 0.4) is 0 Å². The molecular weight excluding hydrogens is 204 g/mol. The zero-order chi connectivity index (χ0) is 10.7. The van der Waals surface area contributed by atoms with E-state index in [4.69, 9.17) is 0 Å². The van der Waals surface area contributed by atoms with Crippen LogP contribution in [0, 0.1) is 0 Å². The minimum Gasteiger partial charge on any atom is -0.309 e. The third kappa shape index (κ3) is 3.59. The Morgan fingerprint density at radius 2 is 2.13 bits per heavy atom. The van der Waals surface area contributed by atoms with Crippen LogP contribution < -0.4 is 5.32 Å². The van der Waals surface area contributed by atoms with Crippen molar-refractivity contribution in [2.45, 2.75) is 38.9 Å². The maximum Gasteiger partial charge on any atom is 0.0324 e. The molecule has 0 spiro atoms. The molecule has 2 rings (SSSR count). The lowest BCUT2D eigenvalue weighted by Gasteiger charge is -2.11. The third-order valence-electron chi connectivity index (χ3n) is 2.83. The summed E-state index contributed by atoms with van der Waals surface area (Å²) in [7, 11) is 2.17. The first-order valence-electron chi connectivity index (χ1n) is 5.77. The van der Waals surface area contributed by atoms with E-state index in [1.54, 1.807) is 0 Å². The maximum atomic E-state index is 3.55. The molecule has 2 nitrogen and oxygen atoms in total. The molecule has 1 aliphatic carbocycles. The standard InChI is InChI=1S/C12H20N2S/c1-3-14(2)9-12-7-6-11(15-12)8-13-10-4-5-10/h6-7,10,13H,3-5,8-9H2,1-2H3. The van der Waals surface area contributed by atoms with Crippen molar-refractivity contribution >= 4 is 11.3 Å². The molecule has 0 aliphatic heterocycles. The zero-order valence-corrected chi connectivity index (χ0v) is 10.4. The van der Waals surface area contributed by atoms with Crippen LogP contribution in [0.25, 0.3) is 0 Å². The van der Waals surface area contributed by atoms with Crippen molar-refractivity contribution in [1.29, 1.82) is 0 Å². The van der Waals surface area contributed by atoms with Gasteiger partial charge in [0.25, 0.3) is 0 Å². The van der Waals surface area contributed by atoms with E-state index in [2.05, 4.69) is 36.3 Å². The maximum absolute atomic E-state index is 3.55. The zero-order valence-electron chi connectivity index (χ0n) is 9.62. The number of rotatable bonds is 6. The van der Waals surface area contributed by atoms with E-state index in [9.17, 15) is 0 Å². The van der Waals surface area contributed by atoms with Crippen LogP contribution in [0.1, 0.15) is 29.5 Å². The highest BCUT2D eigenvalue weighted by molar-refractivity contribution is 7.11. The quantitative estimate of drug-likeness (QED) is 0.798. The van der Waals surface area contributed by atoms with Gasteiger partial charge in [0.15, 0.2) is 0 Å². The van der Waals surface area contributed by atoms with E-state index in [0.717, 1.165) is 25.7 Å². The first-order valence-corrected chi connectivity index (χ1v) is 6.59. The Morgan fingerprint density at radius 3 is 2.80 bits per heavy atom. The number of nitrogens with one attached hydrogen (secondary N) is 1. The van der Waals surface area contributed by atoms with Gasteiger partial charge in [0, 0.05) is 28.9 Å². The molecule has 0 radical (unpaired) electrons. The van der Waals surface area contributed by atoms with Gasteiger partial charge in [0.2, 0.25) is 0 Å². The highest BCUT2D eigenvalue weighted by atomic mass is 32.1. The van der Waals surface area contributed by atoms with Gasteiger partial charge < -0.3 is 10.2 Å². The van der Waals surface area contributed by atoms with Crippen LogP contribution in [0.15, 0.2) is 12.1 Å². The summed E-state index contributed by atoms with van der Waals surface area (Å²) in [5.74, 6) is 0. The summed E-state index contributed by atoms with van der Waals surface area (Å²) < 4.78 is 0. The Hall–Kier alpha value is -0.380. The second kappa shape index (κ2) is 5.10. The molecule has 15 heavy (non-hydrogen) atoms. The minimum absolute atomic E-state index is 0.814. The summed E-state index contributed by atoms with van der Waals surface area (Å²) in [6.07, 6.45) is 2.74. The normalized spacial score (nSPS) is 16.2. The fourth-order valence-corrected chi connectivity index (χ4v) is 2.56. The predicted octanol–water partition coefficient (Wildman–Crippen LogP) is 2.45. The fourth-order valence-electron chi connectivity index (χ4n) is 1.51. The van der Waals surface area contributed by atoms with E-state index < -0.39 is 0 Å². The molecule has 84 valence electrons. The van der Waals surface area contributed by atoms with Crippen molar-refractivity contribution in [2.75, 3.05) is 13.6 Å². The van der Waals surface area contributed by atoms with Crippen molar-refractivity contribution in [3.63, 3.8) is 0 Å². The molecule has 0 saturated heterocycles. The van der Waals surface area contributed by atoms with Crippen LogP contribution in [0.4, 0.5) is 0 Å². The van der Waals surface area contributed by atoms with E-state index in [1.165, 1.54) is 22.6 Å². The molecule has 1 aromatic rings.